The lowest BCUT2D eigenvalue weighted by molar-refractivity contribution is -0.564. The van der Waals surface area contributed by atoms with Gasteiger partial charge in [-0.05, 0) is 6.07 Å². The minimum absolute atomic E-state index is 0.0534. The normalized spacial score (nSPS) is 11.9. The number of halogens is 4. The lowest BCUT2D eigenvalue weighted by atomic mass is 10.0. The number of benzene rings is 2. The summed E-state index contributed by atoms with van der Waals surface area (Å²) in [6.45, 7) is 0. The van der Waals surface area contributed by atoms with Crippen molar-refractivity contribution < 1.29 is 17.9 Å². The molecule has 2 aromatic carbocycles. The van der Waals surface area contributed by atoms with Crippen molar-refractivity contribution in [1.29, 1.82) is 0 Å². The molecule has 4 aromatic rings. The molecule has 0 amide bonds. The van der Waals surface area contributed by atoms with Crippen molar-refractivity contribution in [1.82, 2.24) is 4.40 Å². The summed E-state index contributed by atoms with van der Waals surface area (Å²) in [5, 5.41) is 12.8. The maximum atomic E-state index is 13.3. The highest BCUT2D eigenvalue weighted by Crippen LogP contribution is 2.37. The first kappa shape index (κ1) is 17.4. The van der Waals surface area contributed by atoms with Gasteiger partial charge in [0.2, 0.25) is 0 Å². The Morgan fingerprint density at radius 1 is 0.889 bits per heavy atom. The molecule has 2 aromatic heterocycles. The van der Waals surface area contributed by atoms with E-state index in [1.54, 1.807) is 60.7 Å². The van der Waals surface area contributed by atoms with Gasteiger partial charge in [-0.1, -0.05) is 72.3 Å². The summed E-state index contributed by atoms with van der Waals surface area (Å²) in [6.07, 6.45) is -3.68. The lowest BCUT2D eigenvalue weighted by Gasteiger charge is -2.07. The van der Waals surface area contributed by atoms with Gasteiger partial charge in [0.25, 0.3) is 0 Å². The van der Waals surface area contributed by atoms with Gasteiger partial charge < -0.3 is 5.21 Å². The fourth-order valence-electron chi connectivity index (χ4n) is 3.11. The Balaban J connectivity index is 2.17. The van der Waals surface area contributed by atoms with Crippen LogP contribution in [0, 0.1) is 5.21 Å². The van der Waals surface area contributed by atoms with Crippen LogP contribution in [0.3, 0.4) is 0 Å². The Bertz CT molecular complexity index is 1120. The smallest absolute Gasteiger partial charge is 0.419 e. The van der Waals surface area contributed by atoms with E-state index in [1.807, 2.05) is 0 Å². The van der Waals surface area contributed by atoms with Crippen molar-refractivity contribution in [3.8, 4) is 22.5 Å². The van der Waals surface area contributed by atoms with E-state index in [9.17, 15) is 18.4 Å². The zero-order valence-electron chi connectivity index (χ0n) is 13.7. The lowest BCUT2D eigenvalue weighted by Crippen LogP contribution is -2.27. The average molecular weight is 389 g/mol. The second-order valence-corrected chi connectivity index (χ2v) is 6.40. The molecule has 0 spiro atoms. The molecule has 0 saturated heterocycles. The second-order valence-electron chi connectivity index (χ2n) is 5.99. The zero-order chi connectivity index (χ0) is 19.2. The number of aromatic nitrogens is 2. The molecular formula is C20H12ClF3N2O. The van der Waals surface area contributed by atoms with E-state index in [2.05, 4.69) is 0 Å². The third-order valence-electron chi connectivity index (χ3n) is 4.27. The Morgan fingerprint density at radius 2 is 1.44 bits per heavy atom. The number of rotatable bonds is 2. The molecule has 0 bridgehead atoms. The highest BCUT2D eigenvalue weighted by atomic mass is 35.5. The van der Waals surface area contributed by atoms with Gasteiger partial charge in [-0.25, -0.2) is 4.73 Å². The standard InChI is InChI=1S/C20H12ClF3N2O/c21-16-11-15(20(22,23)24)12-25-17(13-7-3-1-4-8-13)18(26(27)19(16)25)14-9-5-2-6-10-14/h1-12H. The molecule has 0 aliphatic carbocycles. The van der Waals surface area contributed by atoms with Crippen LogP contribution in [0.2, 0.25) is 5.02 Å². The maximum Gasteiger partial charge on any atom is 0.419 e. The number of hydrogen-bond donors (Lipinski definition) is 0. The van der Waals surface area contributed by atoms with Gasteiger partial charge in [0, 0.05) is 11.1 Å². The molecule has 136 valence electrons. The van der Waals surface area contributed by atoms with Crippen LogP contribution in [0.1, 0.15) is 5.56 Å². The van der Waals surface area contributed by atoms with Gasteiger partial charge in [-0.15, -0.1) is 0 Å². The van der Waals surface area contributed by atoms with Crippen LogP contribution in [0.5, 0.6) is 0 Å². The molecule has 4 rings (SSSR count). The number of imidazole rings is 1. The predicted molar refractivity (Wildman–Crippen MR) is 97.2 cm³/mol. The fourth-order valence-corrected chi connectivity index (χ4v) is 3.40. The molecule has 0 fully saturated rings. The van der Waals surface area contributed by atoms with Gasteiger partial charge in [-0.3, -0.25) is 0 Å². The Hall–Kier alpha value is -2.99. The number of nitrogens with zero attached hydrogens (tertiary/aromatic N) is 2. The van der Waals surface area contributed by atoms with Gasteiger partial charge in [0.05, 0.1) is 5.56 Å². The van der Waals surface area contributed by atoms with Gasteiger partial charge in [0.1, 0.15) is 11.2 Å². The minimum Gasteiger partial charge on any atom is -0.710 e. The molecule has 3 nitrogen and oxygen atoms in total. The predicted octanol–water partition coefficient (Wildman–Crippen LogP) is 5.58. The third-order valence-corrected chi connectivity index (χ3v) is 4.55. The summed E-state index contributed by atoms with van der Waals surface area (Å²) in [7, 11) is 0. The van der Waals surface area contributed by atoms with Crippen molar-refractivity contribution in [3.63, 3.8) is 0 Å². The molecule has 0 atom stereocenters. The van der Waals surface area contributed by atoms with Crippen LogP contribution in [0.25, 0.3) is 28.2 Å². The van der Waals surface area contributed by atoms with Crippen molar-refractivity contribution in [2.75, 3.05) is 0 Å². The van der Waals surface area contributed by atoms with Crippen molar-refractivity contribution in [3.05, 3.63) is 88.7 Å². The summed E-state index contributed by atoms with van der Waals surface area (Å²) >= 11 is 6.09. The number of hydrogen-bond acceptors (Lipinski definition) is 1. The first-order chi connectivity index (χ1) is 12.9. The molecule has 0 radical (unpaired) electrons. The average Bonchev–Trinajstić information content (AvgIpc) is 2.95. The Labute approximate surface area is 157 Å². The Morgan fingerprint density at radius 3 is 2.00 bits per heavy atom. The van der Waals surface area contributed by atoms with E-state index in [4.69, 9.17) is 11.6 Å². The minimum atomic E-state index is -4.59. The van der Waals surface area contributed by atoms with Crippen LogP contribution < -0.4 is 4.73 Å². The quantitative estimate of drug-likeness (QED) is 0.326. The fraction of sp³-hybridized carbons (Fsp3) is 0.0500. The van der Waals surface area contributed by atoms with Crippen LogP contribution in [0.15, 0.2) is 72.9 Å². The third kappa shape index (κ3) is 2.92. The zero-order valence-corrected chi connectivity index (χ0v) is 14.5. The largest absolute Gasteiger partial charge is 0.710 e. The summed E-state index contributed by atoms with van der Waals surface area (Å²) in [5.74, 6) is 0. The Kier molecular flexibility index (Phi) is 4.08. The molecule has 0 aliphatic rings. The van der Waals surface area contributed by atoms with E-state index in [1.165, 1.54) is 4.40 Å². The summed E-state index contributed by atoms with van der Waals surface area (Å²) < 4.78 is 41.7. The van der Waals surface area contributed by atoms with Crippen molar-refractivity contribution >= 4 is 17.2 Å². The van der Waals surface area contributed by atoms with Crippen LogP contribution in [0.4, 0.5) is 13.2 Å². The summed E-state index contributed by atoms with van der Waals surface area (Å²) in [5.41, 5.74) is 0.800. The van der Waals surface area contributed by atoms with Gasteiger partial charge >= 0.3 is 11.8 Å². The van der Waals surface area contributed by atoms with E-state index in [0.29, 0.717) is 21.6 Å². The number of fused-ring (bicyclic) bond motifs is 1. The molecule has 0 aliphatic heterocycles. The SMILES string of the molecule is [O-][n+]1c(-c2ccccc2)c(-c2ccccc2)n2cc(C(F)(F)F)cc(Cl)c21. The highest BCUT2D eigenvalue weighted by molar-refractivity contribution is 6.33. The second kappa shape index (κ2) is 6.32. The van der Waals surface area contributed by atoms with E-state index in [0.717, 1.165) is 12.3 Å². The molecular weight excluding hydrogens is 377 g/mol. The van der Waals surface area contributed by atoms with E-state index < -0.39 is 11.7 Å². The summed E-state index contributed by atoms with van der Waals surface area (Å²) in [6, 6.07) is 18.3. The maximum absolute atomic E-state index is 13.3. The topological polar surface area (TPSA) is 31.3 Å². The number of pyridine rings is 1. The van der Waals surface area contributed by atoms with Crippen LogP contribution in [-0.2, 0) is 6.18 Å². The van der Waals surface area contributed by atoms with Gasteiger partial charge in [-0.2, -0.15) is 17.6 Å². The van der Waals surface area contributed by atoms with Crippen molar-refractivity contribution in [2.45, 2.75) is 6.18 Å². The summed E-state index contributed by atoms with van der Waals surface area (Å²) in [4.78, 5) is 0. The monoisotopic (exact) mass is 388 g/mol. The molecule has 0 N–H and O–H groups in total. The van der Waals surface area contributed by atoms with Crippen LogP contribution >= 0.6 is 11.6 Å². The first-order valence-corrected chi connectivity index (χ1v) is 8.41. The highest BCUT2D eigenvalue weighted by Gasteiger charge is 2.36. The molecule has 0 saturated carbocycles. The van der Waals surface area contributed by atoms with E-state index in [-0.39, 0.29) is 16.4 Å². The van der Waals surface area contributed by atoms with Gasteiger partial charge in [0.15, 0.2) is 11.4 Å². The molecule has 7 heteroatoms. The van der Waals surface area contributed by atoms with E-state index >= 15 is 0 Å². The molecule has 2 heterocycles. The molecule has 27 heavy (non-hydrogen) atoms. The van der Waals surface area contributed by atoms with Crippen LogP contribution in [-0.4, -0.2) is 4.40 Å². The number of alkyl halides is 3. The first-order valence-electron chi connectivity index (χ1n) is 8.03. The van der Waals surface area contributed by atoms with Crippen molar-refractivity contribution in [2.24, 2.45) is 0 Å². The molecule has 0 unspecified atom stereocenters.